The number of methoxy groups -OCH3 is 2. The highest BCUT2D eigenvalue weighted by Gasteiger charge is 2.46. The number of aromatic amines is 1. The summed E-state index contributed by atoms with van der Waals surface area (Å²) in [4.78, 5) is 29.7. The zero-order valence-electron chi connectivity index (χ0n) is 19.4. The van der Waals surface area contributed by atoms with Crippen LogP contribution in [-0.2, 0) is 9.59 Å². The molecule has 0 saturated carbocycles. The van der Waals surface area contributed by atoms with Gasteiger partial charge in [-0.05, 0) is 58.6 Å². The molecule has 0 radical (unpaired) electrons. The van der Waals surface area contributed by atoms with Crippen molar-refractivity contribution in [3.05, 3.63) is 46.3 Å². The number of H-pyrrole nitrogens is 1. The number of aliphatic hydroxyl groups excluding tert-OH is 1. The van der Waals surface area contributed by atoms with Gasteiger partial charge in [-0.15, -0.1) is 0 Å². The molecule has 9 heteroatoms. The Hall–Kier alpha value is -3.33. The normalized spacial score (nSPS) is 18.0. The van der Waals surface area contributed by atoms with Crippen molar-refractivity contribution in [3.63, 3.8) is 0 Å². The summed E-state index contributed by atoms with van der Waals surface area (Å²) in [7, 11) is 6.96. The Labute approximate surface area is 187 Å². The van der Waals surface area contributed by atoms with Crippen LogP contribution in [0.15, 0.2) is 23.8 Å². The van der Waals surface area contributed by atoms with Crippen LogP contribution < -0.4 is 9.47 Å². The summed E-state index contributed by atoms with van der Waals surface area (Å²) >= 11 is 0. The average molecular weight is 443 g/mol. The molecular formula is C23H30N4O5. The number of nitrogens with zero attached hydrogens (tertiary/aromatic N) is 3. The number of hydrogen-bond donors (Lipinski definition) is 2. The van der Waals surface area contributed by atoms with Crippen molar-refractivity contribution >= 4 is 17.4 Å². The van der Waals surface area contributed by atoms with Crippen LogP contribution in [0.4, 0.5) is 0 Å². The van der Waals surface area contributed by atoms with Crippen LogP contribution in [0.3, 0.4) is 0 Å². The first-order valence-electron chi connectivity index (χ1n) is 10.4. The minimum atomic E-state index is -0.759. The lowest BCUT2D eigenvalue weighted by atomic mass is 9.94. The molecule has 1 atom stereocenters. The van der Waals surface area contributed by atoms with Gasteiger partial charge >= 0.3 is 0 Å². The molecule has 2 N–H and O–H groups in total. The van der Waals surface area contributed by atoms with Gasteiger partial charge in [-0.25, -0.2) is 0 Å². The second-order valence-corrected chi connectivity index (χ2v) is 8.07. The number of carbonyl (C=O) groups is 2. The predicted octanol–water partition coefficient (Wildman–Crippen LogP) is 2.42. The number of amides is 1. The Balaban J connectivity index is 2.17. The molecule has 172 valence electrons. The molecule has 1 saturated heterocycles. The fourth-order valence-electron chi connectivity index (χ4n) is 4.07. The summed E-state index contributed by atoms with van der Waals surface area (Å²) in [5.74, 6) is -0.583. The van der Waals surface area contributed by atoms with Gasteiger partial charge in [0, 0.05) is 12.2 Å². The van der Waals surface area contributed by atoms with E-state index in [0.29, 0.717) is 47.0 Å². The minimum Gasteiger partial charge on any atom is -0.507 e. The van der Waals surface area contributed by atoms with Crippen molar-refractivity contribution in [1.82, 2.24) is 20.0 Å². The molecule has 1 aliphatic rings. The van der Waals surface area contributed by atoms with Crippen molar-refractivity contribution in [2.24, 2.45) is 0 Å². The van der Waals surface area contributed by atoms with Crippen LogP contribution in [0.2, 0.25) is 0 Å². The zero-order chi connectivity index (χ0) is 23.6. The highest BCUT2D eigenvalue weighted by atomic mass is 16.5. The zero-order valence-corrected chi connectivity index (χ0v) is 19.4. The molecule has 1 aliphatic heterocycles. The maximum absolute atomic E-state index is 13.1. The molecule has 0 aliphatic carbocycles. The third-order valence-corrected chi connectivity index (χ3v) is 5.63. The number of aryl methyl sites for hydroxylation is 2. The van der Waals surface area contributed by atoms with Crippen LogP contribution in [0.25, 0.3) is 5.76 Å². The number of ketones is 1. The summed E-state index contributed by atoms with van der Waals surface area (Å²) in [5.41, 5.74) is 2.28. The number of Topliss-reactive ketones (excluding diaryl/α,β-unsaturated/α-hetero) is 1. The molecule has 3 rings (SSSR count). The van der Waals surface area contributed by atoms with Crippen LogP contribution >= 0.6 is 0 Å². The molecular weight excluding hydrogens is 412 g/mol. The molecule has 1 aromatic carbocycles. The average Bonchev–Trinajstić information content (AvgIpc) is 3.23. The maximum atomic E-state index is 13.1. The molecule has 1 amide bonds. The Kier molecular flexibility index (Phi) is 6.88. The van der Waals surface area contributed by atoms with E-state index in [0.717, 1.165) is 6.54 Å². The number of hydrogen-bond acceptors (Lipinski definition) is 7. The van der Waals surface area contributed by atoms with E-state index in [4.69, 9.17) is 9.47 Å². The molecule has 9 nitrogen and oxygen atoms in total. The lowest BCUT2D eigenvalue weighted by molar-refractivity contribution is -0.139. The van der Waals surface area contributed by atoms with Gasteiger partial charge in [-0.2, -0.15) is 5.10 Å². The predicted molar refractivity (Wildman–Crippen MR) is 120 cm³/mol. The van der Waals surface area contributed by atoms with E-state index in [-0.39, 0.29) is 11.3 Å². The molecule has 0 spiro atoms. The summed E-state index contributed by atoms with van der Waals surface area (Å²) in [6, 6.07) is 4.48. The Morgan fingerprint density at radius 1 is 1.19 bits per heavy atom. The first-order chi connectivity index (χ1) is 15.2. The standard InChI is InChI=1S/C23H30N4O5/c1-13-18(14(2)25-24-13)21(28)19-20(15-8-9-16(31-5)17(12-15)32-6)27(23(30)22(19)29)11-7-10-26(3)4/h8-9,12,20,28H,7,10-11H2,1-6H3,(H,24,25)/t20-/m0/s1. The topological polar surface area (TPSA) is 108 Å². The van der Waals surface area contributed by atoms with Crippen LogP contribution in [0.1, 0.15) is 35.0 Å². The van der Waals surface area contributed by atoms with Crippen molar-refractivity contribution in [2.75, 3.05) is 41.4 Å². The van der Waals surface area contributed by atoms with Crippen LogP contribution in [-0.4, -0.2) is 78.2 Å². The molecule has 2 heterocycles. The number of ether oxygens (including phenoxy) is 2. The lowest BCUT2D eigenvalue weighted by Crippen LogP contribution is -2.32. The van der Waals surface area contributed by atoms with Crippen molar-refractivity contribution in [3.8, 4) is 11.5 Å². The Morgan fingerprint density at radius 3 is 2.44 bits per heavy atom. The van der Waals surface area contributed by atoms with Gasteiger partial charge in [0.1, 0.15) is 5.76 Å². The number of nitrogens with one attached hydrogen (secondary N) is 1. The molecule has 32 heavy (non-hydrogen) atoms. The molecule has 1 fully saturated rings. The quantitative estimate of drug-likeness (QED) is 0.367. The lowest BCUT2D eigenvalue weighted by Gasteiger charge is -2.26. The van der Waals surface area contributed by atoms with Gasteiger partial charge in [-0.1, -0.05) is 6.07 Å². The largest absolute Gasteiger partial charge is 0.507 e. The summed E-state index contributed by atoms with van der Waals surface area (Å²) in [6.07, 6.45) is 0.674. The van der Waals surface area contributed by atoms with Gasteiger partial charge in [0.2, 0.25) is 0 Å². The highest BCUT2D eigenvalue weighted by molar-refractivity contribution is 6.46. The van der Waals surface area contributed by atoms with Gasteiger partial charge in [0.25, 0.3) is 11.7 Å². The Bertz CT molecular complexity index is 1040. The molecule has 0 bridgehead atoms. The fraction of sp³-hybridized carbons (Fsp3) is 0.435. The molecule has 0 unspecified atom stereocenters. The van der Waals surface area contributed by atoms with E-state index in [2.05, 4.69) is 10.2 Å². The Morgan fingerprint density at radius 2 is 1.88 bits per heavy atom. The minimum absolute atomic E-state index is 0.0414. The van der Waals surface area contributed by atoms with Crippen LogP contribution in [0.5, 0.6) is 11.5 Å². The fourth-order valence-corrected chi connectivity index (χ4v) is 4.07. The van der Waals surface area contributed by atoms with Gasteiger partial charge in [0.15, 0.2) is 11.5 Å². The van der Waals surface area contributed by atoms with Gasteiger partial charge in [-0.3, -0.25) is 14.7 Å². The maximum Gasteiger partial charge on any atom is 0.295 e. The van der Waals surface area contributed by atoms with Crippen LogP contribution in [0, 0.1) is 13.8 Å². The first kappa shape index (κ1) is 23.3. The van der Waals surface area contributed by atoms with E-state index >= 15 is 0 Å². The molecule has 1 aromatic heterocycles. The smallest absolute Gasteiger partial charge is 0.295 e. The van der Waals surface area contributed by atoms with E-state index in [1.807, 2.05) is 19.0 Å². The second-order valence-electron chi connectivity index (χ2n) is 8.07. The van der Waals surface area contributed by atoms with E-state index in [9.17, 15) is 14.7 Å². The van der Waals surface area contributed by atoms with E-state index < -0.39 is 17.7 Å². The highest BCUT2D eigenvalue weighted by Crippen LogP contribution is 2.42. The van der Waals surface area contributed by atoms with Gasteiger partial charge < -0.3 is 24.4 Å². The second kappa shape index (κ2) is 9.44. The number of aromatic nitrogens is 2. The number of aliphatic hydroxyl groups is 1. The number of likely N-dealkylation sites (tertiary alicyclic amines) is 1. The molecule has 2 aromatic rings. The summed E-state index contributed by atoms with van der Waals surface area (Å²) in [5, 5.41) is 18.1. The number of rotatable bonds is 8. The van der Waals surface area contributed by atoms with E-state index in [1.54, 1.807) is 32.0 Å². The van der Waals surface area contributed by atoms with E-state index in [1.165, 1.54) is 19.1 Å². The third-order valence-electron chi connectivity index (χ3n) is 5.63. The van der Waals surface area contributed by atoms with Gasteiger partial charge in [0.05, 0.1) is 37.1 Å². The summed E-state index contributed by atoms with van der Waals surface area (Å²) in [6.45, 7) is 4.61. The van der Waals surface area contributed by atoms with Crippen molar-refractivity contribution in [1.29, 1.82) is 0 Å². The SMILES string of the molecule is COc1ccc([C@H]2C(=C(O)c3c(C)n[nH]c3C)C(=O)C(=O)N2CCCN(C)C)cc1OC. The number of carbonyl (C=O) groups excluding carboxylic acids is 2. The third kappa shape index (κ3) is 4.20. The van der Waals surface area contributed by atoms with Crippen molar-refractivity contribution in [2.45, 2.75) is 26.3 Å². The monoisotopic (exact) mass is 442 g/mol. The number of benzene rings is 1. The first-order valence-corrected chi connectivity index (χ1v) is 10.4. The van der Waals surface area contributed by atoms with Crippen molar-refractivity contribution < 1.29 is 24.2 Å². The summed E-state index contributed by atoms with van der Waals surface area (Å²) < 4.78 is 10.8.